The molecule has 0 saturated carbocycles. The lowest BCUT2D eigenvalue weighted by Gasteiger charge is -2.32. The molecule has 4 rings (SSSR count). The number of hydrogen-bond acceptors (Lipinski definition) is 4. The number of anilines is 1. The molecule has 0 aliphatic carbocycles. The Kier molecular flexibility index (Phi) is 4.64. The summed E-state index contributed by atoms with van der Waals surface area (Å²) in [5.41, 5.74) is 1.59. The van der Waals surface area contributed by atoms with Crippen molar-refractivity contribution in [3.05, 3.63) is 72.7 Å². The van der Waals surface area contributed by atoms with Gasteiger partial charge in [0.1, 0.15) is 0 Å². The van der Waals surface area contributed by atoms with Crippen LogP contribution in [0.15, 0.2) is 67.1 Å². The minimum absolute atomic E-state index is 0.0211. The van der Waals surface area contributed by atoms with Gasteiger partial charge in [0.25, 0.3) is 5.91 Å². The maximum absolute atomic E-state index is 12.8. The molecule has 1 aliphatic heterocycles. The normalized spacial score (nSPS) is 15.0. The molecule has 2 aromatic heterocycles. The second-order valence-electron chi connectivity index (χ2n) is 6.42. The Hall–Kier alpha value is -3.15. The number of carbonyl (C=O) groups excluding carboxylic acids is 1. The number of nitrogens with zero attached hydrogens (tertiary/aromatic N) is 4. The fourth-order valence-corrected chi connectivity index (χ4v) is 3.36. The van der Waals surface area contributed by atoms with Crippen molar-refractivity contribution >= 4 is 11.7 Å². The van der Waals surface area contributed by atoms with E-state index in [4.69, 9.17) is 0 Å². The third kappa shape index (κ3) is 3.44. The summed E-state index contributed by atoms with van der Waals surface area (Å²) in [7, 11) is 0. The van der Waals surface area contributed by atoms with Gasteiger partial charge in [-0.2, -0.15) is 5.10 Å². The zero-order chi connectivity index (χ0) is 17.8. The number of rotatable bonds is 4. The predicted molar refractivity (Wildman–Crippen MR) is 101 cm³/mol. The predicted octanol–water partition coefficient (Wildman–Crippen LogP) is 2.67. The first-order valence-corrected chi connectivity index (χ1v) is 8.87. The molecular formula is C20H21N5O. The molecule has 3 heterocycles. The molecule has 1 fully saturated rings. The highest BCUT2D eigenvalue weighted by Gasteiger charge is 2.23. The van der Waals surface area contributed by atoms with Crippen LogP contribution in [0.3, 0.4) is 0 Å². The maximum atomic E-state index is 12.8. The molecule has 0 unspecified atom stereocenters. The molecule has 0 bridgehead atoms. The first-order chi connectivity index (χ1) is 12.8. The fraction of sp³-hybridized carbons (Fsp3) is 0.250. The Morgan fingerprint density at radius 1 is 1.00 bits per heavy atom. The quantitative estimate of drug-likeness (QED) is 0.788. The summed E-state index contributed by atoms with van der Waals surface area (Å²) in [5.74, 6) is 0.877. The van der Waals surface area contributed by atoms with Crippen molar-refractivity contribution in [1.82, 2.24) is 20.1 Å². The van der Waals surface area contributed by atoms with Gasteiger partial charge in [0.05, 0.1) is 11.3 Å². The molecule has 1 aliphatic rings. The van der Waals surface area contributed by atoms with Crippen LogP contribution < -0.4 is 10.2 Å². The molecule has 0 spiro atoms. The van der Waals surface area contributed by atoms with E-state index in [0.29, 0.717) is 5.56 Å². The van der Waals surface area contributed by atoms with E-state index >= 15 is 0 Å². The molecule has 0 atom stereocenters. The Labute approximate surface area is 152 Å². The average Bonchev–Trinajstić information content (AvgIpc) is 3.24. The SMILES string of the molecule is O=C(NC1CCN(c2cccnn2)CC1)c1ccccc1-n1cccc1. The minimum atomic E-state index is -0.0211. The zero-order valence-electron chi connectivity index (χ0n) is 14.5. The Morgan fingerprint density at radius 3 is 2.50 bits per heavy atom. The lowest BCUT2D eigenvalue weighted by Crippen LogP contribution is -2.45. The Morgan fingerprint density at radius 2 is 1.77 bits per heavy atom. The Bertz CT molecular complexity index is 855. The van der Waals surface area contributed by atoms with Gasteiger partial charge in [-0.25, -0.2) is 0 Å². The van der Waals surface area contributed by atoms with Gasteiger partial charge in [-0.3, -0.25) is 4.79 Å². The van der Waals surface area contributed by atoms with Crippen LogP contribution in [0.4, 0.5) is 5.82 Å². The summed E-state index contributed by atoms with van der Waals surface area (Å²) in [6.45, 7) is 1.73. The number of amides is 1. The molecule has 6 nitrogen and oxygen atoms in total. The van der Waals surface area contributed by atoms with E-state index in [9.17, 15) is 4.79 Å². The van der Waals surface area contributed by atoms with Crippen molar-refractivity contribution in [2.45, 2.75) is 18.9 Å². The summed E-state index contributed by atoms with van der Waals surface area (Å²) in [5, 5.41) is 11.3. The highest BCUT2D eigenvalue weighted by molar-refractivity contribution is 5.98. The topological polar surface area (TPSA) is 63.1 Å². The molecule has 6 heteroatoms. The number of benzene rings is 1. The molecular weight excluding hydrogens is 326 g/mol. The van der Waals surface area contributed by atoms with Crippen LogP contribution in [0.1, 0.15) is 23.2 Å². The van der Waals surface area contributed by atoms with Crippen molar-refractivity contribution in [3.8, 4) is 5.69 Å². The van der Waals surface area contributed by atoms with Crippen molar-refractivity contribution in [3.63, 3.8) is 0 Å². The number of carbonyl (C=O) groups is 1. The van der Waals surface area contributed by atoms with Gasteiger partial charge in [0, 0.05) is 37.7 Å². The van der Waals surface area contributed by atoms with Crippen LogP contribution in [0.2, 0.25) is 0 Å². The Balaban J connectivity index is 1.41. The van der Waals surface area contributed by atoms with Gasteiger partial charge < -0.3 is 14.8 Å². The van der Waals surface area contributed by atoms with Crippen molar-refractivity contribution < 1.29 is 4.79 Å². The summed E-state index contributed by atoms with van der Waals surface area (Å²) in [6, 6.07) is 15.6. The van der Waals surface area contributed by atoms with Gasteiger partial charge in [0.15, 0.2) is 5.82 Å². The number of aromatic nitrogens is 3. The second-order valence-corrected chi connectivity index (χ2v) is 6.42. The first kappa shape index (κ1) is 16.3. The van der Waals surface area contributed by atoms with E-state index in [1.54, 1.807) is 6.20 Å². The average molecular weight is 347 g/mol. The summed E-state index contributed by atoms with van der Waals surface area (Å²) in [4.78, 5) is 15.0. The highest BCUT2D eigenvalue weighted by Crippen LogP contribution is 2.19. The van der Waals surface area contributed by atoms with Crippen molar-refractivity contribution in [2.75, 3.05) is 18.0 Å². The number of hydrogen-bond donors (Lipinski definition) is 1. The van der Waals surface area contributed by atoms with E-state index in [0.717, 1.165) is 37.4 Å². The lowest BCUT2D eigenvalue weighted by molar-refractivity contribution is 0.0931. The van der Waals surface area contributed by atoms with Gasteiger partial charge in [-0.15, -0.1) is 5.10 Å². The maximum Gasteiger partial charge on any atom is 0.253 e. The lowest BCUT2D eigenvalue weighted by atomic mass is 10.0. The number of nitrogens with one attached hydrogen (secondary N) is 1. The third-order valence-corrected chi connectivity index (χ3v) is 4.74. The number of para-hydroxylation sites is 1. The van der Waals surface area contributed by atoms with E-state index in [2.05, 4.69) is 20.4 Å². The molecule has 0 radical (unpaired) electrons. The molecule has 1 amide bonds. The van der Waals surface area contributed by atoms with Crippen LogP contribution in [0.25, 0.3) is 5.69 Å². The summed E-state index contributed by atoms with van der Waals surface area (Å²) in [6.07, 6.45) is 7.37. The molecule has 132 valence electrons. The molecule has 1 N–H and O–H groups in total. The standard InChI is InChI=1S/C20H21N5O/c26-20(17-6-1-2-7-18(17)24-12-3-4-13-24)22-16-9-14-25(15-10-16)19-8-5-11-21-23-19/h1-8,11-13,16H,9-10,14-15H2,(H,22,26). The largest absolute Gasteiger partial charge is 0.355 e. The molecule has 1 saturated heterocycles. The third-order valence-electron chi connectivity index (χ3n) is 4.74. The van der Waals surface area contributed by atoms with Crippen LogP contribution in [0.5, 0.6) is 0 Å². The highest BCUT2D eigenvalue weighted by atomic mass is 16.1. The van der Waals surface area contributed by atoms with Crippen LogP contribution in [-0.4, -0.2) is 39.8 Å². The van der Waals surface area contributed by atoms with Gasteiger partial charge in [-0.05, 0) is 49.2 Å². The molecule has 26 heavy (non-hydrogen) atoms. The van der Waals surface area contributed by atoms with Crippen molar-refractivity contribution in [2.24, 2.45) is 0 Å². The van der Waals surface area contributed by atoms with E-state index < -0.39 is 0 Å². The minimum Gasteiger partial charge on any atom is -0.355 e. The zero-order valence-corrected chi connectivity index (χ0v) is 14.5. The summed E-state index contributed by atoms with van der Waals surface area (Å²) < 4.78 is 1.96. The van der Waals surface area contributed by atoms with Gasteiger partial charge in [-0.1, -0.05) is 12.1 Å². The second kappa shape index (κ2) is 7.39. The summed E-state index contributed by atoms with van der Waals surface area (Å²) >= 11 is 0. The number of piperidine rings is 1. The van der Waals surface area contributed by atoms with Crippen LogP contribution in [-0.2, 0) is 0 Å². The smallest absolute Gasteiger partial charge is 0.253 e. The van der Waals surface area contributed by atoms with E-state index in [1.165, 1.54) is 0 Å². The van der Waals surface area contributed by atoms with Gasteiger partial charge in [0.2, 0.25) is 0 Å². The van der Waals surface area contributed by atoms with Gasteiger partial charge >= 0.3 is 0 Å². The monoisotopic (exact) mass is 347 g/mol. The van der Waals surface area contributed by atoms with Crippen molar-refractivity contribution in [1.29, 1.82) is 0 Å². The van der Waals surface area contributed by atoms with Crippen LogP contribution in [0, 0.1) is 0 Å². The molecule has 1 aromatic carbocycles. The van der Waals surface area contributed by atoms with Crippen LogP contribution >= 0.6 is 0 Å². The first-order valence-electron chi connectivity index (χ1n) is 8.87. The van der Waals surface area contributed by atoms with E-state index in [-0.39, 0.29) is 11.9 Å². The fourth-order valence-electron chi connectivity index (χ4n) is 3.36. The molecule has 3 aromatic rings. The van der Waals surface area contributed by atoms with E-state index in [1.807, 2.05) is 65.5 Å².